The molecule has 3 heteroatoms. The second-order valence-electron chi connectivity index (χ2n) is 5.72. The summed E-state index contributed by atoms with van der Waals surface area (Å²) in [7, 11) is 0. The third-order valence-electron chi connectivity index (χ3n) is 2.51. The lowest BCUT2D eigenvalue weighted by atomic mass is 10.1. The summed E-state index contributed by atoms with van der Waals surface area (Å²) in [5, 5.41) is 3.21. The normalized spacial score (nSPS) is 13.5. The Morgan fingerprint density at radius 2 is 1.88 bits per heavy atom. The van der Waals surface area contributed by atoms with Crippen molar-refractivity contribution in [3.8, 4) is 0 Å². The first kappa shape index (κ1) is 16.4. The van der Waals surface area contributed by atoms with Gasteiger partial charge in [-0.15, -0.1) is 0 Å². The second-order valence-corrected chi connectivity index (χ2v) is 5.72. The Kier molecular flexibility index (Phi) is 8.23. The zero-order valence-electron chi connectivity index (χ0n) is 12.1. The van der Waals surface area contributed by atoms with Crippen LogP contribution in [0.2, 0.25) is 0 Å². The van der Waals surface area contributed by atoms with E-state index in [4.69, 9.17) is 4.74 Å². The molecule has 0 aromatic rings. The number of carbonyl (C=O) groups is 1. The minimum atomic E-state index is -0.386. The average molecular weight is 243 g/mol. The van der Waals surface area contributed by atoms with Crippen LogP contribution in [0.15, 0.2) is 0 Å². The molecule has 0 bridgehead atoms. The first-order chi connectivity index (χ1) is 7.85. The summed E-state index contributed by atoms with van der Waals surface area (Å²) in [6, 6.07) is 0.388. The van der Waals surface area contributed by atoms with Gasteiger partial charge in [-0.1, -0.05) is 32.6 Å². The predicted octanol–water partition coefficient (Wildman–Crippen LogP) is 3.28. The number of hydrogen-bond donors (Lipinski definition) is 1. The predicted molar refractivity (Wildman–Crippen MR) is 72.1 cm³/mol. The van der Waals surface area contributed by atoms with Crippen LogP contribution in [-0.4, -0.2) is 24.2 Å². The molecule has 0 aliphatic heterocycles. The molecule has 17 heavy (non-hydrogen) atoms. The van der Waals surface area contributed by atoms with E-state index in [9.17, 15) is 4.79 Å². The van der Waals surface area contributed by atoms with Gasteiger partial charge in [0.15, 0.2) is 0 Å². The molecule has 102 valence electrons. The molecule has 0 saturated heterocycles. The summed E-state index contributed by atoms with van der Waals surface area (Å²) in [5.41, 5.74) is -0.386. The zero-order valence-corrected chi connectivity index (χ0v) is 12.1. The number of rotatable bonds is 8. The summed E-state index contributed by atoms with van der Waals surface area (Å²) in [6.07, 6.45) is 6.21. The Morgan fingerprint density at radius 3 is 2.41 bits per heavy atom. The maximum absolute atomic E-state index is 11.5. The van der Waals surface area contributed by atoms with Crippen LogP contribution in [0, 0.1) is 0 Å². The van der Waals surface area contributed by atoms with Crippen molar-refractivity contribution in [2.45, 2.75) is 78.4 Å². The van der Waals surface area contributed by atoms with Crippen molar-refractivity contribution in [3.63, 3.8) is 0 Å². The molecule has 1 unspecified atom stereocenters. The van der Waals surface area contributed by atoms with Crippen molar-refractivity contribution in [1.29, 1.82) is 0 Å². The van der Waals surface area contributed by atoms with Crippen molar-refractivity contribution >= 4 is 5.97 Å². The van der Waals surface area contributed by atoms with Crippen LogP contribution in [0.5, 0.6) is 0 Å². The molecule has 0 spiro atoms. The van der Waals surface area contributed by atoms with Gasteiger partial charge >= 0.3 is 5.97 Å². The van der Waals surface area contributed by atoms with E-state index in [1.165, 1.54) is 25.7 Å². The highest BCUT2D eigenvalue weighted by Gasteiger charge is 2.16. The van der Waals surface area contributed by atoms with Gasteiger partial charge in [-0.05, 0) is 34.1 Å². The van der Waals surface area contributed by atoms with E-state index in [0.717, 1.165) is 6.42 Å². The number of nitrogens with one attached hydrogen (secondary N) is 1. The highest BCUT2D eigenvalue weighted by Crippen LogP contribution is 2.07. The maximum Gasteiger partial charge on any atom is 0.320 e. The second kappa shape index (κ2) is 8.51. The van der Waals surface area contributed by atoms with Crippen molar-refractivity contribution in [2.24, 2.45) is 0 Å². The Balaban J connectivity index is 3.55. The molecule has 0 saturated carbocycles. The molecule has 0 heterocycles. The van der Waals surface area contributed by atoms with E-state index in [1.807, 2.05) is 20.8 Å². The number of carbonyl (C=O) groups excluding carboxylic acids is 1. The molecule has 0 aromatic heterocycles. The van der Waals surface area contributed by atoms with E-state index >= 15 is 0 Å². The largest absolute Gasteiger partial charge is 0.459 e. The highest BCUT2D eigenvalue weighted by molar-refractivity contribution is 5.72. The van der Waals surface area contributed by atoms with Crippen LogP contribution in [-0.2, 0) is 9.53 Å². The van der Waals surface area contributed by atoms with Gasteiger partial charge in [0, 0.05) is 6.04 Å². The molecule has 3 nitrogen and oxygen atoms in total. The van der Waals surface area contributed by atoms with Crippen LogP contribution in [0.1, 0.15) is 66.7 Å². The Labute approximate surface area is 106 Å². The molecule has 0 amide bonds. The van der Waals surface area contributed by atoms with Gasteiger partial charge in [-0.25, -0.2) is 0 Å². The lowest BCUT2D eigenvalue weighted by molar-refractivity contribution is -0.153. The van der Waals surface area contributed by atoms with Crippen LogP contribution in [0.3, 0.4) is 0 Å². The molecule has 0 aromatic carbocycles. The van der Waals surface area contributed by atoms with Gasteiger partial charge in [-0.2, -0.15) is 0 Å². The summed E-state index contributed by atoms with van der Waals surface area (Å²) in [5.74, 6) is -0.169. The Morgan fingerprint density at radius 1 is 1.24 bits per heavy atom. The fourth-order valence-corrected chi connectivity index (χ4v) is 1.61. The molecular weight excluding hydrogens is 214 g/mol. The van der Waals surface area contributed by atoms with Crippen LogP contribution in [0.25, 0.3) is 0 Å². The van der Waals surface area contributed by atoms with Gasteiger partial charge in [-0.3, -0.25) is 4.79 Å². The standard InChI is InChI=1S/C14H29NO2/c1-6-7-8-9-10-12(2)15-11-13(16)17-14(3,4)5/h12,15H,6-11H2,1-5H3. The lowest BCUT2D eigenvalue weighted by Crippen LogP contribution is -2.35. The van der Waals surface area contributed by atoms with Crippen LogP contribution in [0.4, 0.5) is 0 Å². The molecule has 0 aliphatic rings. The summed E-state index contributed by atoms with van der Waals surface area (Å²) in [4.78, 5) is 11.5. The fourth-order valence-electron chi connectivity index (χ4n) is 1.61. The van der Waals surface area contributed by atoms with Gasteiger partial charge in [0.1, 0.15) is 5.60 Å². The first-order valence-corrected chi connectivity index (χ1v) is 6.80. The van der Waals surface area contributed by atoms with Gasteiger partial charge < -0.3 is 10.1 Å². The lowest BCUT2D eigenvalue weighted by Gasteiger charge is -2.20. The maximum atomic E-state index is 11.5. The van der Waals surface area contributed by atoms with Crippen LogP contribution >= 0.6 is 0 Å². The monoisotopic (exact) mass is 243 g/mol. The Hall–Kier alpha value is -0.570. The van der Waals surface area contributed by atoms with Gasteiger partial charge in [0.2, 0.25) is 0 Å². The third kappa shape index (κ3) is 11.7. The van der Waals surface area contributed by atoms with Crippen LogP contribution < -0.4 is 5.32 Å². The number of ether oxygens (including phenoxy) is 1. The molecule has 1 N–H and O–H groups in total. The first-order valence-electron chi connectivity index (χ1n) is 6.80. The van der Waals surface area contributed by atoms with Crippen molar-refractivity contribution < 1.29 is 9.53 Å². The van der Waals surface area contributed by atoms with Gasteiger partial charge in [0.25, 0.3) is 0 Å². The molecular formula is C14H29NO2. The van der Waals surface area contributed by atoms with Crippen molar-refractivity contribution in [3.05, 3.63) is 0 Å². The van der Waals surface area contributed by atoms with E-state index in [2.05, 4.69) is 19.2 Å². The highest BCUT2D eigenvalue weighted by atomic mass is 16.6. The van der Waals surface area contributed by atoms with E-state index in [1.54, 1.807) is 0 Å². The minimum Gasteiger partial charge on any atom is -0.459 e. The smallest absolute Gasteiger partial charge is 0.320 e. The number of hydrogen-bond acceptors (Lipinski definition) is 3. The summed E-state index contributed by atoms with van der Waals surface area (Å²) < 4.78 is 5.23. The summed E-state index contributed by atoms with van der Waals surface area (Å²) >= 11 is 0. The van der Waals surface area contributed by atoms with E-state index < -0.39 is 0 Å². The summed E-state index contributed by atoms with van der Waals surface area (Å²) in [6.45, 7) is 10.3. The zero-order chi connectivity index (χ0) is 13.3. The SMILES string of the molecule is CCCCCCC(C)NCC(=O)OC(C)(C)C. The van der Waals surface area contributed by atoms with Crippen molar-refractivity contribution in [2.75, 3.05) is 6.54 Å². The number of unbranched alkanes of at least 4 members (excludes halogenated alkanes) is 3. The molecule has 1 atom stereocenters. The molecule has 0 rings (SSSR count). The molecule has 0 fully saturated rings. The van der Waals surface area contributed by atoms with E-state index in [0.29, 0.717) is 12.6 Å². The molecule has 0 radical (unpaired) electrons. The fraction of sp³-hybridized carbons (Fsp3) is 0.929. The average Bonchev–Trinajstić information content (AvgIpc) is 2.19. The Bertz CT molecular complexity index is 209. The third-order valence-corrected chi connectivity index (χ3v) is 2.51. The minimum absolute atomic E-state index is 0.169. The van der Waals surface area contributed by atoms with Gasteiger partial charge in [0.05, 0.1) is 6.54 Å². The number of esters is 1. The topological polar surface area (TPSA) is 38.3 Å². The van der Waals surface area contributed by atoms with Crippen molar-refractivity contribution in [1.82, 2.24) is 5.32 Å². The molecule has 0 aliphatic carbocycles. The van der Waals surface area contributed by atoms with E-state index in [-0.39, 0.29) is 11.6 Å². The quantitative estimate of drug-likeness (QED) is 0.525.